The summed E-state index contributed by atoms with van der Waals surface area (Å²) in [6.07, 6.45) is 5.84. The lowest BCUT2D eigenvalue weighted by atomic mass is 10.1. The Morgan fingerprint density at radius 3 is 2.58 bits per heavy atom. The summed E-state index contributed by atoms with van der Waals surface area (Å²) in [5.74, 6) is 0.438. The molecule has 2 rings (SSSR count). The van der Waals surface area contributed by atoms with E-state index in [2.05, 4.69) is 17.5 Å². The van der Waals surface area contributed by atoms with Gasteiger partial charge in [-0.2, -0.15) is 5.10 Å². The van der Waals surface area contributed by atoms with Crippen LogP contribution >= 0.6 is 0 Å². The van der Waals surface area contributed by atoms with Gasteiger partial charge in [-0.3, -0.25) is 10.2 Å². The molecule has 0 bridgehead atoms. The summed E-state index contributed by atoms with van der Waals surface area (Å²) < 4.78 is 5.77. The van der Waals surface area contributed by atoms with Crippen LogP contribution in [0.2, 0.25) is 0 Å². The zero-order chi connectivity index (χ0) is 17.0. The topological polar surface area (TPSA) is 50.7 Å². The number of rotatable bonds is 10. The van der Waals surface area contributed by atoms with E-state index in [-0.39, 0.29) is 5.78 Å². The summed E-state index contributed by atoms with van der Waals surface area (Å²) in [5.41, 5.74) is 4.21. The van der Waals surface area contributed by atoms with Gasteiger partial charge in [0.05, 0.1) is 24.1 Å². The fourth-order valence-corrected chi connectivity index (χ4v) is 2.25. The zero-order valence-corrected chi connectivity index (χ0v) is 14.1. The van der Waals surface area contributed by atoms with Crippen molar-refractivity contribution in [1.82, 2.24) is 0 Å². The largest absolute Gasteiger partial charge is 0.493 e. The molecule has 24 heavy (non-hydrogen) atoms. The van der Waals surface area contributed by atoms with Crippen molar-refractivity contribution < 1.29 is 9.53 Å². The van der Waals surface area contributed by atoms with Crippen molar-refractivity contribution in [2.24, 2.45) is 5.10 Å². The number of hydrogen-bond acceptors (Lipinski definition) is 4. The Morgan fingerprint density at radius 2 is 1.79 bits per heavy atom. The van der Waals surface area contributed by atoms with Crippen LogP contribution in [-0.2, 0) is 0 Å². The van der Waals surface area contributed by atoms with Gasteiger partial charge < -0.3 is 4.74 Å². The minimum atomic E-state index is -0.178. The molecule has 0 amide bonds. The first-order valence-corrected chi connectivity index (χ1v) is 8.41. The van der Waals surface area contributed by atoms with Gasteiger partial charge in [0.15, 0.2) is 0 Å². The van der Waals surface area contributed by atoms with Crippen molar-refractivity contribution in [1.29, 1.82) is 0 Å². The molecule has 0 saturated carbocycles. The minimum absolute atomic E-state index is 0.178. The Labute approximate surface area is 143 Å². The van der Waals surface area contributed by atoms with Crippen molar-refractivity contribution in [3.8, 4) is 5.75 Å². The van der Waals surface area contributed by atoms with Crippen LogP contribution in [0.3, 0.4) is 0 Å². The fourth-order valence-electron chi connectivity index (χ4n) is 2.25. The van der Waals surface area contributed by atoms with Crippen LogP contribution in [0.1, 0.15) is 43.0 Å². The van der Waals surface area contributed by atoms with Crippen LogP contribution in [0.4, 0.5) is 5.69 Å². The number of hydrogen-bond donors (Lipinski definition) is 1. The quantitative estimate of drug-likeness (QED) is 0.292. The van der Waals surface area contributed by atoms with Crippen molar-refractivity contribution >= 4 is 17.7 Å². The third kappa shape index (κ3) is 5.88. The van der Waals surface area contributed by atoms with Gasteiger partial charge in [0, 0.05) is 0 Å². The van der Waals surface area contributed by atoms with E-state index in [1.165, 1.54) is 19.1 Å². The first-order valence-electron chi connectivity index (χ1n) is 8.41. The Hall–Kier alpha value is -2.62. The molecular weight excluding hydrogens is 300 g/mol. The van der Waals surface area contributed by atoms with E-state index in [1.54, 1.807) is 6.07 Å². The fraction of sp³-hybridized carbons (Fsp3) is 0.300. The number of anilines is 1. The number of carbonyl (C=O) groups excluding carboxylic acids is 1. The maximum Gasteiger partial charge on any atom is 0.209 e. The van der Waals surface area contributed by atoms with E-state index in [4.69, 9.17) is 4.74 Å². The molecular formula is C20H24N2O2. The van der Waals surface area contributed by atoms with Crippen LogP contribution in [0, 0.1) is 0 Å². The van der Waals surface area contributed by atoms with Gasteiger partial charge in [0.2, 0.25) is 5.78 Å². The zero-order valence-electron chi connectivity index (χ0n) is 14.1. The molecule has 126 valence electrons. The average molecular weight is 324 g/mol. The molecule has 0 aliphatic carbocycles. The summed E-state index contributed by atoms with van der Waals surface area (Å²) in [7, 11) is 0. The highest BCUT2D eigenvalue weighted by molar-refractivity contribution is 6.36. The number of carbonyl (C=O) groups is 1. The summed E-state index contributed by atoms with van der Waals surface area (Å²) >= 11 is 0. The summed E-state index contributed by atoms with van der Waals surface area (Å²) in [6, 6.07) is 16.8. The van der Waals surface area contributed by atoms with Crippen LogP contribution in [0.25, 0.3) is 0 Å². The maximum atomic E-state index is 12.3. The molecule has 0 spiro atoms. The standard InChI is InChI=1S/C20H24N2O2/c1-2-3-4-10-15-24-20-14-9-8-13-18(20)19(23)16-21-22-17-11-6-5-7-12-17/h5-9,11-14,16,22H,2-4,10,15H2,1H3/b21-16+. The van der Waals surface area contributed by atoms with Gasteiger partial charge in [0.1, 0.15) is 5.75 Å². The first-order chi connectivity index (χ1) is 11.8. The van der Waals surface area contributed by atoms with E-state index >= 15 is 0 Å². The molecule has 1 N–H and O–H groups in total. The van der Waals surface area contributed by atoms with Gasteiger partial charge in [-0.15, -0.1) is 0 Å². The molecule has 2 aromatic carbocycles. The lowest BCUT2D eigenvalue weighted by Gasteiger charge is -2.09. The van der Waals surface area contributed by atoms with Crippen LogP contribution < -0.4 is 10.2 Å². The van der Waals surface area contributed by atoms with Gasteiger partial charge in [-0.25, -0.2) is 0 Å². The first kappa shape index (κ1) is 17.7. The van der Waals surface area contributed by atoms with Gasteiger partial charge in [-0.05, 0) is 30.7 Å². The third-order valence-electron chi connectivity index (χ3n) is 3.56. The minimum Gasteiger partial charge on any atom is -0.493 e. The number of nitrogens with zero attached hydrogens (tertiary/aromatic N) is 1. The Bertz CT molecular complexity index is 654. The van der Waals surface area contributed by atoms with Gasteiger partial charge in [0.25, 0.3) is 0 Å². The molecule has 4 nitrogen and oxygen atoms in total. The smallest absolute Gasteiger partial charge is 0.209 e. The number of Topliss-reactive ketones (excluding diaryl/α,β-unsaturated/α-hetero) is 1. The second-order valence-corrected chi connectivity index (χ2v) is 5.51. The molecule has 0 fully saturated rings. The highest BCUT2D eigenvalue weighted by Gasteiger charge is 2.09. The monoisotopic (exact) mass is 324 g/mol. The molecule has 0 atom stereocenters. The Kier molecular flexibility index (Phi) is 7.54. The van der Waals surface area contributed by atoms with Crippen molar-refractivity contribution in [2.75, 3.05) is 12.0 Å². The van der Waals surface area contributed by atoms with E-state index in [1.807, 2.05) is 48.5 Å². The predicted octanol–water partition coefficient (Wildman–Crippen LogP) is 4.93. The highest BCUT2D eigenvalue weighted by atomic mass is 16.5. The Balaban J connectivity index is 1.91. The van der Waals surface area contributed by atoms with Gasteiger partial charge in [-0.1, -0.05) is 56.5 Å². The van der Waals surface area contributed by atoms with Crippen molar-refractivity contribution in [3.05, 3.63) is 60.2 Å². The van der Waals surface area contributed by atoms with Gasteiger partial charge >= 0.3 is 0 Å². The van der Waals surface area contributed by atoms with Crippen molar-refractivity contribution in [3.63, 3.8) is 0 Å². The molecule has 0 aromatic heterocycles. The number of ketones is 1. The maximum absolute atomic E-state index is 12.3. The van der Waals surface area contributed by atoms with Crippen LogP contribution in [-0.4, -0.2) is 18.6 Å². The molecule has 0 unspecified atom stereocenters. The second-order valence-electron chi connectivity index (χ2n) is 5.51. The molecule has 0 aliphatic heterocycles. The number of nitrogens with one attached hydrogen (secondary N) is 1. The van der Waals surface area contributed by atoms with E-state index in [0.29, 0.717) is 17.9 Å². The van der Waals surface area contributed by atoms with Crippen LogP contribution in [0.5, 0.6) is 5.75 Å². The second kappa shape index (κ2) is 10.2. The highest BCUT2D eigenvalue weighted by Crippen LogP contribution is 2.18. The number of unbranched alkanes of at least 4 members (excludes halogenated alkanes) is 3. The normalized spacial score (nSPS) is 10.7. The number of benzene rings is 2. The SMILES string of the molecule is CCCCCCOc1ccccc1C(=O)/C=N/Nc1ccccc1. The molecule has 0 aliphatic rings. The average Bonchev–Trinajstić information content (AvgIpc) is 2.63. The summed E-state index contributed by atoms with van der Waals surface area (Å²) in [4.78, 5) is 12.3. The van der Waals surface area contributed by atoms with Crippen LogP contribution in [0.15, 0.2) is 59.7 Å². The predicted molar refractivity (Wildman–Crippen MR) is 99.0 cm³/mol. The van der Waals surface area contributed by atoms with E-state index in [0.717, 1.165) is 18.5 Å². The number of hydrazone groups is 1. The molecule has 0 radical (unpaired) electrons. The molecule has 0 saturated heterocycles. The molecule has 4 heteroatoms. The van der Waals surface area contributed by atoms with E-state index in [9.17, 15) is 4.79 Å². The molecule has 2 aromatic rings. The lowest BCUT2D eigenvalue weighted by molar-refractivity contribution is 0.106. The number of ether oxygens (including phenoxy) is 1. The molecule has 0 heterocycles. The Morgan fingerprint density at radius 1 is 1.04 bits per heavy atom. The number of para-hydroxylation sites is 2. The summed E-state index contributed by atoms with van der Waals surface area (Å²) in [6.45, 7) is 2.81. The summed E-state index contributed by atoms with van der Waals surface area (Å²) in [5, 5.41) is 4.00. The van der Waals surface area contributed by atoms with Crippen molar-refractivity contribution in [2.45, 2.75) is 32.6 Å². The lowest BCUT2D eigenvalue weighted by Crippen LogP contribution is -2.07. The van der Waals surface area contributed by atoms with E-state index < -0.39 is 0 Å². The third-order valence-corrected chi connectivity index (χ3v) is 3.56.